The summed E-state index contributed by atoms with van der Waals surface area (Å²) in [6.45, 7) is 4.01. The van der Waals surface area contributed by atoms with Gasteiger partial charge >= 0.3 is 0 Å². The van der Waals surface area contributed by atoms with Gasteiger partial charge in [0.2, 0.25) is 0 Å². The first-order valence-corrected chi connectivity index (χ1v) is 6.84. The van der Waals surface area contributed by atoms with Crippen LogP contribution in [-0.2, 0) is 6.42 Å². The van der Waals surface area contributed by atoms with Gasteiger partial charge in [0.15, 0.2) is 0 Å². The Morgan fingerprint density at radius 2 is 1.80 bits per heavy atom. The first kappa shape index (κ1) is 14.5. The second kappa shape index (κ2) is 6.53. The monoisotopic (exact) mass is 273 g/mol. The second-order valence-corrected chi connectivity index (χ2v) is 5.18. The van der Waals surface area contributed by atoms with Crippen molar-refractivity contribution in [3.63, 3.8) is 0 Å². The number of phenolic OH excluding ortho intramolecular Hbond substituents is 1. The lowest BCUT2D eigenvalue weighted by atomic mass is 10.0. The average Bonchev–Trinajstić information content (AvgIpc) is 2.42. The molecule has 106 valence electrons. The number of rotatable bonds is 5. The molecule has 2 aromatic rings. The Bertz CT molecular complexity index is 556. The van der Waals surface area contributed by atoms with Crippen molar-refractivity contribution in [1.82, 2.24) is 5.32 Å². The van der Waals surface area contributed by atoms with E-state index >= 15 is 0 Å². The number of hydrogen-bond acceptors (Lipinski definition) is 2. The molecule has 0 saturated carbocycles. The molecular weight excluding hydrogens is 253 g/mol. The largest absolute Gasteiger partial charge is 0.508 e. The third kappa shape index (κ3) is 3.81. The van der Waals surface area contributed by atoms with Crippen molar-refractivity contribution in [3.05, 3.63) is 65.5 Å². The van der Waals surface area contributed by atoms with Gasteiger partial charge < -0.3 is 10.4 Å². The van der Waals surface area contributed by atoms with Gasteiger partial charge in [-0.1, -0.05) is 30.3 Å². The molecule has 0 aromatic heterocycles. The Kier molecular flexibility index (Phi) is 4.74. The van der Waals surface area contributed by atoms with Crippen LogP contribution in [-0.4, -0.2) is 11.1 Å². The highest BCUT2D eigenvalue weighted by Gasteiger charge is 2.14. The van der Waals surface area contributed by atoms with Crippen LogP contribution in [0.2, 0.25) is 0 Å². The van der Waals surface area contributed by atoms with E-state index in [1.54, 1.807) is 0 Å². The van der Waals surface area contributed by atoms with Crippen molar-refractivity contribution >= 4 is 0 Å². The molecule has 0 aliphatic heterocycles. The molecule has 2 rings (SSSR count). The number of benzene rings is 2. The lowest BCUT2D eigenvalue weighted by Gasteiger charge is -2.21. The zero-order chi connectivity index (χ0) is 14.5. The molecular formula is C17H20FNO. The maximum absolute atomic E-state index is 13.3. The lowest BCUT2D eigenvalue weighted by Crippen LogP contribution is -2.30. The average molecular weight is 273 g/mol. The zero-order valence-corrected chi connectivity index (χ0v) is 11.8. The number of nitrogens with one attached hydrogen (secondary N) is 1. The Balaban J connectivity index is 2.00. The summed E-state index contributed by atoms with van der Waals surface area (Å²) in [5.41, 5.74) is 1.84. The zero-order valence-electron chi connectivity index (χ0n) is 11.8. The summed E-state index contributed by atoms with van der Waals surface area (Å²) >= 11 is 0. The van der Waals surface area contributed by atoms with E-state index in [1.165, 1.54) is 23.8 Å². The van der Waals surface area contributed by atoms with Gasteiger partial charge in [-0.15, -0.1) is 0 Å². The molecule has 0 bridgehead atoms. The van der Waals surface area contributed by atoms with Crippen LogP contribution in [0.4, 0.5) is 4.39 Å². The normalized spacial score (nSPS) is 13.9. The van der Waals surface area contributed by atoms with Crippen LogP contribution >= 0.6 is 0 Å². The second-order valence-electron chi connectivity index (χ2n) is 5.18. The number of phenols is 1. The summed E-state index contributed by atoms with van der Waals surface area (Å²) in [7, 11) is 0. The topological polar surface area (TPSA) is 32.3 Å². The number of halogens is 1. The SMILES string of the molecule is CC(Cc1ccccc1)NC(C)c1cc(F)ccc1O. The first-order chi connectivity index (χ1) is 9.56. The smallest absolute Gasteiger partial charge is 0.123 e. The van der Waals surface area contributed by atoms with Gasteiger partial charge in [-0.25, -0.2) is 4.39 Å². The molecule has 0 spiro atoms. The number of aromatic hydroxyl groups is 1. The summed E-state index contributed by atoms with van der Waals surface area (Å²) in [5.74, 6) is -0.208. The van der Waals surface area contributed by atoms with Gasteiger partial charge in [0, 0.05) is 17.6 Å². The lowest BCUT2D eigenvalue weighted by molar-refractivity contribution is 0.430. The summed E-state index contributed by atoms with van der Waals surface area (Å²) in [6, 6.07) is 14.4. The van der Waals surface area contributed by atoms with Gasteiger partial charge in [-0.3, -0.25) is 0 Å². The minimum atomic E-state index is -0.331. The molecule has 20 heavy (non-hydrogen) atoms. The Morgan fingerprint density at radius 1 is 1.10 bits per heavy atom. The fraction of sp³-hybridized carbons (Fsp3) is 0.294. The van der Waals surface area contributed by atoms with Crippen LogP contribution in [0.5, 0.6) is 5.75 Å². The summed E-state index contributed by atoms with van der Waals surface area (Å²) in [6.07, 6.45) is 0.890. The van der Waals surface area contributed by atoms with Crippen LogP contribution in [0.25, 0.3) is 0 Å². The Hall–Kier alpha value is -1.87. The molecule has 0 aliphatic carbocycles. The Morgan fingerprint density at radius 3 is 2.50 bits per heavy atom. The molecule has 2 N–H and O–H groups in total. The molecule has 2 aromatic carbocycles. The summed E-state index contributed by atoms with van der Waals surface area (Å²) in [4.78, 5) is 0. The van der Waals surface area contributed by atoms with Crippen molar-refractivity contribution in [2.45, 2.75) is 32.4 Å². The van der Waals surface area contributed by atoms with Crippen molar-refractivity contribution < 1.29 is 9.50 Å². The van der Waals surface area contributed by atoms with Crippen LogP contribution < -0.4 is 5.32 Å². The summed E-state index contributed by atoms with van der Waals surface area (Å²) in [5, 5.41) is 13.2. The van der Waals surface area contributed by atoms with Gasteiger partial charge in [0.1, 0.15) is 11.6 Å². The fourth-order valence-corrected chi connectivity index (χ4v) is 2.42. The van der Waals surface area contributed by atoms with Crippen molar-refractivity contribution in [2.24, 2.45) is 0 Å². The number of hydrogen-bond donors (Lipinski definition) is 2. The first-order valence-electron chi connectivity index (χ1n) is 6.84. The quantitative estimate of drug-likeness (QED) is 0.868. The fourth-order valence-electron chi connectivity index (χ4n) is 2.42. The predicted molar refractivity (Wildman–Crippen MR) is 79.2 cm³/mol. The van der Waals surface area contributed by atoms with Crippen molar-refractivity contribution in [2.75, 3.05) is 0 Å². The van der Waals surface area contributed by atoms with E-state index in [0.29, 0.717) is 5.56 Å². The summed E-state index contributed by atoms with van der Waals surface area (Å²) < 4.78 is 13.3. The van der Waals surface area contributed by atoms with E-state index in [2.05, 4.69) is 24.4 Å². The van der Waals surface area contributed by atoms with Gasteiger partial charge in [-0.05, 0) is 44.0 Å². The molecule has 0 amide bonds. The molecule has 0 aliphatic rings. The minimum Gasteiger partial charge on any atom is -0.508 e. The molecule has 2 atom stereocenters. The van der Waals surface area contributed by atoms with Crippen LogP contribution in [0.1, 0.15) is 31.0 Å². The molecule has 0 fully saturated rings. The maximum Gasteiger partial charge on any atom is 0.123 e. The van der Waals surface area contributed by atoms with Gasteiger partial charge in [0.25, 0.3) is 0 Å². The Labute approximate surface area is 119 Å². The van der Waals surface area contributed by atoms with E-state index in [-0.39, 0.29) is 23.7 Å². The highest BCUT2D eigenvalue weighted by molar-refractivity contribution is 5.35. The van der Waals surface area contributed by atoms with E-state index in [0.717, 1.165) is 6.42 Å². The van der Waals surface area contributed by atoms with E-state index in [1.807, 2.05) is 25.1 Å². The molecule has 0 radical (unpaired) electrons. The van der Waals surface area contributed by atoms with Crippen LogP contribution in [0.15, 0.2) is 48.5 Å². The van der Waals surface area contributed by atoms with E-state index < -0.39 is 0 Å². The molecule has 0 saturated heterocycles. The van der Waals surface area contributed by atoms with Gasteiger partial charge in [-0.2, -0.15) is 0 Å². The standard InChI is InChI=1S/C17H20FNO/c1-12(10-14-6-4-3-5-7-14)19-13(2)16-11-15(18)8-9-17(16)20/h3-9,11-13,19-20H,10H2,1-2H3. The predicted octanol–water partition coefficient (Wildman–Crippen LogP) is 3.81. The van der Waals surface area contributed by atoms with Crippen LogP contribution in [0, 0.1) is 5.82 Å². The highest BCUT2D eigenvalue weighted by Crippen LogP contribution is 2.25. The molecule has 2 nitrogen and oxygen atoms in total. The van der Waals surface area contributed by atoms with E-state index in [4.69, 9.17) is 0 Å². The molecule has 2 unspecified atom stereocenters. The van der Waals surface area contributed by atoms with Crippen molar-refractivity contribution in [3.8, 4) is 5.75 Å². The third-order valence-electron chi connectivity index (χ3n) is 3.38. The highest BCUT2D eigenvalue weighted by atomic mass is 19.1. The third-order valence-corrected chi connectivity index (χ3v) is 3.38. The van der Waals surface area contributed by atoms with Crippen LogP contribution in [0.3, 0.4) is 0 Å². The minimum absolute atomic E-state index is 0.107. The maximum atomic E-state index is 13.3. The van der Waals surface area contributed by atoms with E-state index in [9.17, 15) is 9.50 Å². The van der Waals surface area contributed by atoms with Gasteiger partial charge in [0.05, 0.1) is 0 Å². The molecule has 3 heteroatoms. The molecule has 0 heterocycles. The van der Waals surface area contributed by atoms with Crippen molar-refractivity contribution in [1.29, 1.82) is 0 Å².